The van der Waals surface area contributed by atoms with Gasteiger partial charge in [-0.25, -0.2) is 8.93 Å². The van der Waals surface area contributed by atoms with Gasteiger partial charge in [-0.2, -0.15) is 0 Å². The molecule has 0 aliphatic rings. The van der Waals surface area contributed by atoms with Gasteiger partial charge in [-0.3, -0.25) is 4.79 Å². The number of hydrogen-bond donors (Lipinski definition) is 2. The van der Waals surface area contributed by atoms with Gasteiger partial charge in [0.1, 0.15) is 6.04 Å². The fourth-order valence-electron chi connectivity index (χ4n) is 0.871. The number of carboxylic acids is 1. The standard InChI is InChI=1S/C7H15NO3S/c1-5(2)4-6(7(9)10)8-12(3)11/h5-6,8H,4H2,1-3H3,(H,9,10)/t6-,12?/m0/s1. The second-order valence-corrected chi connectivity index (χ2v) is 4.24. The Morgan fingerprint density at radius 1 is 1.58 bits per heavy atom. The molecule has 12 heavy (non-hydrogen) atoms. The van der Waals surface area contributed by atoms with E-state index in [2.05, 4.69) is 4.72 Å². The largest absolute Gasteiger partial charge is 0.480 e. The van der Waals surface area contributed by atoms with Gasteiger partial charge in [0.15, 0.2) is 0 Å². The summed E-state index contributed by atoms with van der Waals surface area (Å²) in [6.07, 6.45) is 1.92. The Morgan fingerprint density at radius 2 is 2.08 bits per heavy atom. The van der Waals surface area contributed by atoms with Crippen molar-refractivity contribution in [2.75, 3.05) is 6.26 Å². The predicted molar refractivity (Wildman–Crippen MR) is 48.1 cm³/mol. The molecule has 5 heteroatoms. The zero-order valence-corrected chi connectivity index (χ0v) is 8.35. The molecule has 0 aromatic carbocycles. The van der Waals surface area contributed by atoms with Crippen molar-refractivity contribution < 1.29 is 14.1 Å². The Labute approximate surface area is 74.9 Å². The topological polar surface area (TPSA) is 66.4 Å². The smallest absolute Gasteiger partial charge is 0.321 e. The first kappa shape index (κ1) is 11.6. The molecule has 0 bridgehead atoms. The van der Waals surface area contributed by atoms with Crippen LogP contribution >= 0.6 is 0 Å². The third-order valence-corrected chi connectivity index (χ3v) is 1.93. The minimum atomic E-state index is -1.26. The highest BCUT2D eigenvalue weighted by molar-refractivity contribution is 7.82. The first-order chi connectivity index (χ1) is 5.43. The quantitative estimate of drug-likeness (QED) is 0.663. The molecule has 2 N–H and O–H groups in total. The third-order valence-electron chi connectivity index (χ3n) is 1.31. The zero-order chi connectivity index (χ0) is 9.72. The first-order valence-corrected chi connectivity index (χ1v) is 5.31. The highest BCUT2D eigenvalue weighted by Crippen LogP contribution is 2.04. The average molecular weight is 193 g/mol. The summed E-state index contributed by atoms with van der Waals surface area (Å²) in [6, 6.07) is -0.698. The van der Waals surface area contributed by atoms with Gasteiger partial charge in [0.05, 0.1) is 11.0 Å². The van der Waals surface area contributed by atoms with Crippen LogP contribution in [0.1, 0.15) is 20.3 Å². The molecule has 72 valence electrons. The minimum absolute atomic E-state index is 0.280. The zero-order valence-electron chi connectivity index (χ0n) is 7.53. The Morgan fingerprint density at radius 3 is 2.33 bits per heavy atom. The summed E-state index contributed by atoms with van der Waals surface area (Å²) in [7, 11) is -1.26. The number of carboxylic acid groups (broad SMARTS) is 1. The second-order valence-electron chi connectivity index (χ2n) is 3.09. The average Bonchev–Trinajstić information content (AvgIpc) is 1.83. The van der Waals surface area contributed by atoms with Crippen LogP contribution in [0.15, 0.2) is 0 Å². The number of hydrogen-bond acceptors (Lipinski definition) is 2. The van der Waals surface area contributed by atoms with Crippen LogP contribution in [0.3, 0.4) is 0 Å². The highest BCUT2D eigenvalue weighted by atomic mass is 32.2. The molecule has 0 spiro atoms. The lowest BCUT2D eigenvalue weighted by Crippen LogP contribution is -2.38. The Hall–Kier alpha value is -0.420. The van der Waals surface area contributed by atoms with E-state index in [0.717, 1.165) is 0 Å². The van der Waals surface area contributed by atoms with Gasteiger partial charge in [0, 0.05) is 6.26 Å². The van der Waals surface area contributed by atoms with Gasteiger partial charge in [0.2, 0.25) is 0 Å². The lowest BCUT2D eigenvalue weighted by Gasteiger charge is -2.13. The number of nitrogens with one attached hydrogen (secondary N) is 1. The summed E-state index contributed by atoms with van der Waals surface area (Å²) < 4.78 is 13.2. The van der Waals surface area contributed by atoms with Crippen molar-refractivity contribution in [3.05, 3.63) is 0 Å². The molecule has 2 atom stereocenters. The molecule has 0 saturated heterocycles. The van der Waals surface area contributed by atoms with Crippen LogP contribution in [0.25, 0.3) is 0 Å². The van der Waals surface area contributed by atoms with Gasteiger partial charge in [-0.05, 0) is 12.3 Å². The van der Waals surface area contributed by atoms with E-state index in [1.807, 2.05) is 13.8 Å². The molecule has 1 unspecified atom stereocenters. The van der Waals surface area contributed by atoms with E-state index in [9.17, 15) is 9.00 Å². The molecule has 4 nitrogen and oxygen atoms in total. The Bertz CT molecular complexity index is 181. The maximum absolute atomic E-state index is 10.7. The van der Waals surface area contributed by atoms with Crippen molar-refractivity contribution in [2.24, 2.45) is 5.92 Å². The van der Waals surface area contributed by atoms with E-state index >= 15 is 0 Å². The fraction of sp³-hybridized carbons (Fsp3) is 0.857. The van der Waals surface area contributed by atoms with E-state index < -0.39 is 23.0 Å². The van der Waals surface area contributed by atoms with Crippen LogP contribution in [0.2, 0.25) is 0 Å². The van der Waals surface area contributed by atoms with Gasteiger partial charge >= 0.3 is 5.97 Å². The van der Waals surface area contributed by atoms with Crippen LogP contribution in [-0.2, 0) is 15.8 Å². The van der Waals surface area contributed by atoms with Crippen LogP contribution in [0.4, 0.5) is 0 Å². The summed E-state index contributed by atoms with van der Waals surface area (Å²) in [4.78, 5) is 10.6. The Kier molecular flexibility index (Phi) is 5.08. The van der Waals surface area contributed by atoms with Gasteiger partial charge in [-0.15, -0.1) is 0 Å². The van der Waals surface area contributed by atoms with Crippen molar-refractivity contribution in [2.45, 2.75) is 26.3 Å². The molecule has 0 aromatic rings. The molecule has 0 rings (SSSR count). The predicted octanol–water partition coefficient (Wildman–Crippen LogP) is 0.369. The maximum Gasteiger partial charge on any atom is 0.321 e. The van der Waals surface area contributed by atoms with E-state index in [-0.39, 0.29) is 5.92 Å². The van der Waals surface area contributed by atoms with Crippen LogP contribution in [-0.4, -0.2) is 27.6 Å². The summed E-state index contributed by atoms with van der Waals surface area (Å²) in [6.45, 7) is 3.85. The minimum Gasteiger partial charge on any atom is -0.480 e. The van der Waals surface area contributed by atoms with Crippen molar-refractivity contribution in [1.82, 2.24) is 4.72 Å². The molecule has 0 aromatic heterocycles. The monoisotopic (exact) mass is 193 g/mol. The molecule has 0 saturated carbocycles. The summed E-state index contributed by atoms with van der Waals surface area (Å²) in [5.74, 6) is -0.666. The van der Waals surface area contributed by atoms with E-state index in [1.54, 1.807) is 0 Å². The number of aliphatic carboxylic acids is 1. The molecule has 0 aliphatic heterocycles. The summed E-state index contributed by atoms with van der Waals surface area (Å²) >= 11 is 0. The van der Waals surface area contributed by atoms with E-state index in [0.29, 0.717) is 6.42 Å². The summed E-state index contributed by atoms with van der Waals surface area (Å²) in [5, 5.41) is 8.67. The van der Waals surface area contributed by atoms with E-state index in [1.165, 1.54) is 6.26 Å². The first-order valence-electron chi connectivity index (χ1n) is 3.76. The molecule has 0 fully saturated rings. The Balaban J connectivity index is 4.04. The molecule has 0 radical (unpaired) electrons. The second kappa shape index (κ2) is 5.27. The van der Waals surface area contributed by atoms with Gasteiger partial charge in [0.25, 0.3) is 0 Å². The molecular formula is C7H15NO3S. The number of rotatable bonds is 5. The van der Waals surface area contributed by atoms with E-state index in [4.69, 9.17) is 5.11 Å². The highest BCUT2D eigenvalue weighted by Gasteiger charge is 2.18. The molecule has 0 heterocycles. The third kappa shape index (κ3) is 5.26. The lowest BCUT2D eigenvalue weighted by molar-refractivity contribution is -0.139. The normalized spacial score (nSPS) is 16.0. The molecular weight excluding hydrogens is 178 g/mol. The van der Waals surface area contributed by atoms with Crippen molar-refractivity contribution >= 4 is 17.0 Å². The molecule has 0 aliphatic carbocycles. The van der Waals surface area contributed by atoms with Crippen LogP contribution in [0, 0.1) is 5.92 Å². The van der Waals surface area contributed by atoms with Crippen LogP contribution in [0.5, 0.6) is 0 Å². The lowest BCUT2D eigenvalue weighted by atomic mass is 10.1. The molecule has 0 amide bonds. The van der Waals surface area contributed by atoms with Crippen molar-refractivity contribution in [3.63, 3.8) is 0 Å². The number of carbonyl (C=O) groups is 1. The van der Waals surface area contributed by atoms with Gasteiger partial charge < -0.3 is 5.11 Å². The maximum atomic E-state index is 10.7. The van der Waals surface area contributed by atoms with Crippen molar-refractivity contribution in [3.8, 4) is 0 Å². The van der Waals surface area contributed by atoms with Gasteiger partial charge in [-0.1, -0.05) is 13.8 Å². The fourth-order valence-corrected chi connectivity index (χ4v) is 1.47. The van der Waals surface area contributed by atoms with Crippen molar-refractivity contribution in [1.29, 1.82) is 0 Å². The SMILES string of the molecule is CC(C)C[C@H](NS(C)=O)C(=O)O. The van der Waals surface area contributed by atoms with Crippen LogP contribution < -0.4 is 4.72 Å². The summed E-state index contributed by atoms with van der Waals surface area (Å²) in [5.41, 5.74) is 0.